The number of H-pyrrole nitrogens is 2. The average molecular weight is 305 g/mol. The second-order valence-corrected chi connectivity index (χ2v) is 5.41. The summed E-state index contributed by atoms with van der Waals surface area (Å²) in [7, 11) is 0. The smallest absolute Gasteiger partial charge is 0.122 e. The average Bonchev–Trinajstić information content (AvgIpc) is 3.14. The minimum atomic E-state index is 0.0546. The Kier molecular flexibility index (Phi) is 3.04. The van der Waals surface area contributed by atoms with E-state index in [0.29, 0.717) is 5.56 Å². The van der Waals surface area contributed by atoms with E-state index < -0.39 is 0 Å². The normalized spacial score (nSPS) is 11.3. The van der Waals surface area contributed by atoms with Crippen molar-refractivity contribution in [2.24, 2.45) is 5.73 Å². The first-order valence-electron chi connectivity index (χ1n) is 7.31. The summed E-state index contributed by atoms with van der Waals surface area (Å²) in [5.41, 5.74) is 9.84. The fourth-order valence-electron chi connectivity index (χ4n) is 2.61. The maximum absolute atomic E-state index is 7.49. The zero-order valence-electron chi connectivity index (χ0n) is 12.3. The molecule has 0 saturated carbocycles. The highest BCUT2D eigenvalue weighted by molar-refractivity contribution is 5.97. The molecule has 114 valence electrons. The van der Waals surface area contributed by atoms with E-state index in [2.05, 4.69) is 24.9 Å². The number of hydrogen-bond donors (Lipinski definition) is 4. The van der Waals surface area contributed by atoms with Crippen LogP contribution in [0.15, 0.2) is 36.7 Å². The van der Waals surface area contributed by atoms with Crippen LogP contribution in [-0.4, -0.2) is 30.8 Å². The summed E-state index contributed by atoms with van der Waals surface area (Å²) in [5, 5.41) is 7.49. The van der Waals surface area contributed by atoms with Crippen LogP contribution in [0, 0.1) is 5.41 Å². The van der Waals surface area contributed by atoms with Gasteiger partial charge in [-0.3, -0.25) is 10.4 Å². The summed E-state index contributed by atoms with van der Waals surface area (Å²) >= 11 is 0. The van der Waals surface area contributed by atoms with Gasteiger partial charge in [0, 0.05) is 24.6 Å². The molecule has 0 amide bonds. The molecule has 23 heavy (non-hydrogen) atoms. The minimum Gasteiger partial charge on any atom is -0.384 e. The highest BCUT2D eigenvalue weighted by Crippen LogP contribution is 2.15. The van der Waals surface area contributed by atoms with E-state index in [1.807, 2.05) is 24.3 Å². The number of amidine groups is 1. The number of pyridine rings is 1. The third-order valence-electron chi connectivity index (χ3n) is 3.77. The topological polar surface area (TPSA) is 120 Å². The van der Waals surface area contributed by atoms with Gasteiger partial charge in [0.05, 0.1) is 28.3 Å². The molecular formula is C16H15N7. The largest absolute Gasteiger partial charge is 0.384 e. The van der Waals surface area contributed by atoms with E-state index >= 15 is 0 Å². The predicted octanol–water partition coefficient (Wildman–Crippen LogP) is 1.90. The van der Waals surface area contributed by atoms with Crippen molar-refractivity contribution in [1.29, 1.82) is 5.41 Å². The van der Waals surface area contributed by atoms with Crippen LogP contribution in [0.3, 0.4) is 0 Å². The first kappa shape index (κ1) is 13.4. The number of aromatic nitrogens is 5. The van der Waals surface area contributed by atoms with Gasteiger partial charge in [-0.05, 0) is 24.3 Å². The number of nitrogen functional groups attached to an aromatic ring is 1. The van der Waals surface area contributed by atoms with E-state index in [4.69, 9.17) is 11.1 Å². The monoisotopic (exact) mass is 305 g/mol. The third-order valence-corrected chi connectivity index (χ3v) is 3.77. The Morgan fingerprint density at radius 3 is 2.39 bits per heavy atom. The number of imidazole rings is 2. The molecule has 0 unspecified atom stereocenters. The maximum atomic E-state index is 7.49. The Morgan fingerprint density at radius 1 is 1.00 bits per heavy atom. The number of hydrogen-bond acceptors (Lipinski definition) is 4. The summed E-state index contributed by atoms with van der Waals surface area (Å²) in [6, 6.07) is 7.42. The van der Waals surface area contributed by atoms with Gasteiger partial charge < -0.3 is 15.7 Å². The number of nitrogens with one attached hydrogen (secondary N) is 3. The fraction of sp³-hybridized carbons (Fsp3) is 0.125. The molecule has 0 bridgehead atoms. The Hall–Kier alpha value is -3.22. The molecule has 0 aliphatic rings. The van der Waals surface area contributed by atoms with Gasteiger partial charge in [-0.1, -0.05) is 0 Å². The second kappa shape index (κ2) is 5.20. The molecule has 7 heteroatoms. The molecule has 1 aromatic carbocycles. The number of fused-ring (bicyclic) bond motifs is 2. The van der Waals surface area contributed by atoms with Gasteiger partial charge in [0.2, 0.25) is 0 Å². The highest BCUT2D eigenvalue weighted by Gasteiger charge is 2.07. The summed E-state index contributed by atoms with van der Waals surface area (Å²) < 4.78 is 0. The molecule has 7 nitrogen and oxygen atoms in total. The van der Waals surface area contributed by atoms with Crippen LogP contribution in [0.4, 0.5) is 0 Å². The number of nitrogens with zero attached hydrogens (tertiary/aromatic N) is 3. The van der Waals surface area contributed by atoms with Crippen molar-refractivity contribution in [1.82, 2.24) is 24.9 Å². The van der Waals surface area contributed by atoms with Crippen molar-refractivity contribution >= 4 is 27.9 Å². The quantitative estimate of drug-likeness (QED) is 0.340. The van der Waals surface area contributed by atoms with Gasteiger partial charge >= 0.3 is 0 Å². The van der Waals surface area contributed by atoms with Crippen LogP contribution in [0.5, 0.6) is 0 Å². The van der Waals surface area contributed by atoms with E-state index in [1.165, 1.54) is 0 Å². The molecule has 0 aliphatic carbocycles. The fourth-order valence-corrected chi connectivity index (χ4v) is 2.61. The molecule has 0 radical (unpaired) electrons. The summed E-state index contributed by atoms with van der Waals surface area (Å²) in [4.78, 5) is 19.7. The summed E-state index contributed by atoms with van der Waals surface area (Å²) in [5.74, 6) is 1.86. The molecule has 0 fully saturated rings. The molecule has 0 aliphatic heterocycles. The zero-order valence-corrected chi connectivity index (χ0v) is 12.3. The van der Waals surface area contributed by atoms with E-state index in [0.717, 1.165) is 46.6 Å². The molecule has 3 heterocycles. The first-order valence-corrected chi connectivity index (χ1v) is 7.31. The number of aryl methyl sites for hydroxylation is 2. The summed E-state index contributed by atoms with van der Waals surface area (Å²) in [6.07, 6.45) is 5.01. The number of aromatic amines is 2. The van der Waals surface area contributed by atoms with Crippen molar-refractivity contribution in [2.75, 3.05) is 0 Å². The van der Waals surface area contributed by atoms with Gasteiger partial charge in [-0.25, -0.2) is 9.97 Å². The lowest BCUT2D eigenvalue weighted by atomic mass is 10.2. The van der Waals surface area contributed by atoms with Crippen LogP contribution in [0.2, 0.25) is 0 Å². The molecule has 4 rings (SSSR count). The van der Waals surface area contributed by atoms with Crippen LogP contribution in [-0.2, 0) is 12.8 Å². The molecule has 0 spiro atoms. The SMILES string of the molecule is N=C(N)c1ccc2nc(CCc3nc4ccncc4[nH]3)[nH]c2c1. The standard InChI is InChI=1S/C16H15N7/c17-16(18)9-1-2-10-12(7-9)22-14(20-10)3-4-15-21-11-5-6-19-8-13(11)23-15/h1-2,5-8H,3-4H2,(H3,17,18)(H,20,22)(H,21,23). The highest BCUT2D eigenvalue weighted by atomic mass is 14.9. The number of nitrogens with two attached hydrogens (primary N) is 1. The molecule has 3 aromatic heterocycles. The van der Waals surface area contributed by atoms with Crippen molar-refractivity contribution in [3.05, 3.63) is 53.9 Å². The summed E-state index contributed by atoms with van der Waals surface area (Å²) in [6.45, 7) is 0. The van der Waals surface area contributed by atoms with E-state index in [1.54, 1.807) is 12.4 Å². The van der Waals surface area contributed by atoms with Crippen LogP contribution in [0.25, 0.3) is 22.1 Å². The van der Waals surface area contributed by atoms with Crippen molar-refractivity contribution < 1.29 is 0 Å². The number of rotatable bonds is 4. The third kappa shape index (κ3) is 2.52. The van der Waals surface area contributed by atoms with Gasteiger partial charge in [-0.15, -0.1) is 0 Å². The minimum absolute atomic E-state index is 0.0546. The lowest BCUT2D eigenvalue weighted by Gasteiger charge is -1.96. The Bertz CT molecular complexity index is 979. The van der Waals surface area contributed by atoms with Crippen molar-refractivity contribution in [3.63, 3.8) is 0 Å². The molecule has 4 aromatic rings. The second-order valence-electron chi connectivity index (χ2n) is 5.41. The first-order chi connectivity index (χ1) is 11.2. The lowest BCUT2D eigenvalue weighted by molar-refractivity contribution is 0.844. The number of benzene rings is 1. The van der Waals surface area contributed by atoms with Gasteiger partial charge in [0.25, 0.3) is 0 Å². The van der Waals surface area contributed by atoms with Crippen LogP contribution < -0.4 is 5.73 Å². The van der Waals surface area contributed by atoms with E-state index in [-0.39, 0.29) is 5.84 Å². The zero-order chi connectivity index (χ0) is 15.8. The molecule has 5 N–H and O–H groups in total. The maximum Gasteiger partial charge on any atom is 0.122 e. The Labute approximate surface area is 131 Å². The van der Waals surface area contributed by atoms with E-state index in [9.17, 15) is 0 Å². The van der Waals surface area contributed by atoms with Crippen LogP contribution >= 0.6 is 0 Å². The predicted molar refractivity (Wildman–Crippen MR) is 88.4 cm³/mol. The van der Waals surface area contributed by atoms with Crippen LogP contribution in [0.1, 0.15) is 17.2 Å². The lowest BCUT2D eigenvalue weighted by Crippen LogP contribution is -2.10. The molecular weight excluding hydrogens is 290 g/mol. The van der Waals surface area contributed by atoms with Crippen molar-refractivity contribution in [3.8, 4) is 0 Å². The Morgan fingerprint density at radius 2 is 1.70 bits per heavy atom. The molecule has 0 atom stereocenters. The molecule has 0 saturated heterocycles. The van der Waals surface area contributed by atoms with Gasteiger partial charge in [0.1, 0.15) is 17.5 Å². The van der Waals surface area contributed by atoms with Gasteiger partial charge in [-0.2, -0.15) is 0 Å². The Balaban J connectivity index is 1.56. The van der Waals surface area contributed by atoms with Gasteiger partial charge in [0.15, 0.2) is 0 Å². The van der Waals surface area contributed by atoms with Crippen molar-refractivity contribution in [2.45, 2.75) is 12.8 Å².